The van der Waals surface area contributed by atoms with E-state index in [-0.39, 0.29) is 0 Å². The van der Waals surface area contributed by atoms with Crippen LogP contribution in [0, 0.1) is 6.92 Å². The van der Waals surface area contributed by atoms with Gasteiger partial charge in [-0.2, -0.15) is 0 Å². The number of fused-ring (bicyclic) bond motifs is 1. The van der Waals surface area contributed by atoms with Crippen molar-refractivity contribution in [1.29, 1.82) is 0 Å². The Hall–Kier alpha value is 0.150. The first-order chi connectivity index (χ1) is 8.74. The van der Waals surface area contributed by atoms with Gasteiger partial charge in [-0.05, 0) is 0 Å². The van der Waals surface area contributed by atoms with Gasteiger partial charge in [-0.25, -0.2) is 0 Å². The second kappa shape index (κ2) is 5.64. The topological polar surface area (TPSA) is 16.1 Å². The summed E-state index contributed by atoms with van der Waals surface area (Å²) >= 11 is 1.17. The number of halogens is 1. The maximum atomic E-state index is 4.52. The first-order valence-electron chi connectivity index (χ1n) is 5.99. The molecule has 1 aliphatic rings. The third-order valence-electron chi connectivity index (χ3n) is 3.10. The Bertz CT molecular complexity index is 555. The van der Waals surface area contributed by atoms with Gasteiger partial charge < -0.3 is 0 Å². The van der Waals surface area contributed by atoms with E-state index in [1.54, 1.807) is 11.3 Å². The standard InChI is InChI=1S/C13H17IN2S2/c1-10-15-12-4-3-11(7-13(12)18-10)8-16-6-5-14(9-16)17-2/h3-4,7H,5-6,8-9H2,1-2H3. The van der Waals surface area contributed by atoms with Gasteiger partial charge in [-0.3, -0.25) is 0 Å². The number of nitrogens with zero attached hydrogens (tertiary/aromatic N) is 2. The van der Waals surface area contributed by atoms with Crippen molar-refractivity contribution in [1.82, 2.24) is 9.88 Å². The molecule has 1 aromatic carbocycles. The molecule has 0 aliphatic carbocycles. The number of hydrogen-bond acceptors (Lipinski definition) is 4. The summed E-state index contributed by atoms with van der Waals surface area (Å²) in [5, 5.41) is 1.17. The fourth-order valence-electron chi connectivity index (χ4n) is 2.21. The molecule has 2 aromatic rings. The average Bonchev–Trinajstić information content (AvgIpc) is 2.94. The van der Waals surface area contributed by atoms with Crippen molar-refractivity contribution >= 4 is 48.9 Å². The first kappa shape index (κ1) is 13.1. The van der Waals surface area contributed by atoms with E-state index in [2.05, 4.69) is 50.2 Å². The van der Waals surface area contributed by atoms with E-state index in [9.17, 15) is 0 Å². The number of alkyl halides is 2. The summed E-state index contributed by atoms with van der Waals surface area (Å²) in [6, 6.07) is 6.75. The van der Waals surface area contributed by atoms with Gasteiger partial charge in [-0.15, -0.1) is 0 Å². The van der Waals surface area contributed by atoms with Gasteiger partial charge in [0.1, 0.15) is 0 Å². The summed E-state index contributed by atoms with van der Waals surface area (Å²) < 4.78 is 4.22. The monoisotopic (exact) mass is 392 g/mol. The minimum atomic E-state index is -0.639. The van der Waals surface area contributed by atoms with Crippen LogP contribution in [0.1, 0.15) is 10.6 Å². The molecule has 0 spiro atoms. The predicted molar refractivity (Wildman–Crippen MR) is 92.0 cm³/mol. The quantitative estimate of drug-likeness (QED) is 0.443. The number of benzene rings is 1. The Morgan fingerprint density at radius 2 is 2.39 bits per heavy atom. The molecule has 18 heavy (non-hydrogen) atoms. The van der Waals surface area contributed by atoms with Gasteiger partial charge in [0.2, 0.25) is 0 Å². The van der Waals surface area contributed by atoms with Crippen molar-refractivity contribution in [3.8, 4) is 0 Å². The zero-order valence-corrected chi connectivity index (χ0v) is 14.4. The van der Waals surface area contributed by atoms with E-state index < -0.39 is 18.4 Å². The molecule has 5 heteroatoms. The van der Waals surface area contributed by atoms with E-state index in [0.717, 1.165) is 12.1 Å². The number of aromatic nitrogens is 1. The third-order valence-corrected chi connectivity index (χ3v) is 13.3. The van der Waals surface area contributed by atoms with Crippen molar-refractivity contribution in [3.63, 3.8) is 0 Å². The van der Waals surface area contributed by atoms with Crippen LogP contribution in [0.5, 0.6) is 0 Å². The number of aryl methyl sites for hydroxylation is 1. The van der Waals surface area contributed by atoms with Crippen LogP contribution in [0.2, 0.25) is 0 Å². The van der Waals surface area contributed by atoms with Crippen molar-refractivity contribution in [2.75, 3.05) is 21.8 Å². The van der Waals surface area contributed by atoms with Gasteiger partial charge >= 0.3 is 123 Å². The van der Waals surface area contributed by atoms with Crippen molar-refractivity contribution < 1.29 is 0 Å². The van der Waals surface area contributed by atoms with Crippen LogP contribution in [0.4, 0.5) is 0 Å². The second-order valence-electron chi connectivity index (χ2n) is 4.46. The van der Waals surface area contributed by atoms with Gasteiger partial charge in [0.15, 0.2) is 0 Å². The molecule has 0 N–H and O–H groups in total. The summed E-state index contributed by atoms with van der Waals surface area (Å²) in [7, 11) is 2.16. The number of rotatable bonds is 3. The zero-order valence-electron chi connectivity index (χ0n) is 10.6. The summed E-state index contributed by atoms with van der Waals surface area (Å²) in [5.74, 6) is 0. The van der Waals surface area contributed by atoms with E-state index in [1.807, 2.05) is 0 Å². The fourth-order valence-corrected chi connectivity index (χ4v) is 10.1. The summed E-state index contributed by atoms with van der Waals surface area (Å²) in [6.07, 6.45) is 2.29. The molecule has 2 nitrogen and oxygen atoms in total. The summed E-state index contributed by atoms with van der Waals surface area (Å²) in [5.41, 5.74) is 2.60. The van der Waals surface area contributed by atoms with Crippen LogP contribution in [0.25, 0.3) is 10.2 Å². The summed E-state index contributed by atoms with van der Waals surface area (Å²) in [6.45, 7) is 4.52. The SMILES string of the molecule is CSI1CCN(Cc2ccc3nc(C)sc3c2)C1. The van der Waals surface area contributed by atoms with Crippen molar-refractivity contribution in [3.05, 3.63) is 28.8 Å². The first-order valence-corrected chi connectivity index (χ1v) is 13.6. The Morgan fingerprint density at radius 3 is 3.17 bits per heavy atom. The van der Waals surface area contributed by atoms with E-state index >= 15 is 0 Å². The molecule has 0 saturated carbocycles. The Morgan fingerprint density at radius 1 is 1.50 bits per heavy atom. The van der Waals surface area contributed by atoms with Crippen LogP contribution < -0.4 is 0 Å². The number of thiazole rings is 1. The summed E-state index contributed by atoms with van der Waals surface area (Å²) in [4.78, 5) is 7.16. The van der Waals surface area contributed by atoms with Gasteiger partial charge in [0.25, 0.3) is 0 Å². The van der Waals surface area contributed by atoms with E-state index in [4.69, 9.17) is 0 Å². The maximum absolute atomic E-state index is 4.52. The van der Waals surface area contributed by atoms with Gasteiger partial charge in [0.05, 0.1) is 0 Å². The molecule has 0 unspecified atom stereocenters. The Kier molecular flexibility index (Phi) is 4.12. The molecule has 0 amide bonds. The van der Waals surface area contributed by atoms with Crippen LogP contribution in [-0.2, 0) is 6.54 Å². The van der Waals surface area contributed by atoms with Crippen molar-refractivity contribution in [2.24, 2.45) is 0 Å². The molecule has 1 fully saturated rings. The molecule has 2 heterocycles. The van der Waals surface area contributed by atoms with E-state index in [0.29, 0.717) is 0 Å². The third kappa shape index (κ3) is 2.84. The fraction of sp³-hybridized carbons (Fsp3) is 0.462. The van der Waals surface area contributed by atoms with Crippen LogP contribution in [0.3, 0.4) is 0 Å². The van der Waals surface area contributed by atoms with Crippen LogP contribution in [-0.4, -0.2) is 31.7 Å². The molecular formula is C13H17IN2S2. The average molecular weight is 392 g/mol. The van der Waals surface area contributed by atoms with E-state index in [1.165, 1.54) is 30.8 Å². The molecule has 1 aliphatic heterocycles. The molecule has 1 aromatic heterocycles. The Balaban J connectivity index is 1.74. The van der Waals surface area contributed by atoms with Gasteiger partial charge in [0, 0.05) is 0 Å². The number of hydrogen-bond donors (Lipinski definition) is 0. The Labute approximate surface area is 122 Å². The molecule has 1 saturated heterocycles. The molecule has 3 rings (SSSR count). The second-order valence-corrected chi connectivity index (χ2v) is 15.7. The van der Waals surface area contributed by atoms with Gasteiger partial charge in [-0.1, -0.05) is 0 Å². The van der Waals surface area contributed by atoms with Crippen LogP contribution in [0.15, 0.2) is 18.2 Å². The van der Waals surface area contributed by atoms with Crippen LogP contribution >= 0.6 is 38.7 Å². The van der Waals surface area contributed by atoms with Crippen molar-refractivity contribution in [2.45, 2.75) is 13.5 Å². The predicted octanol–water partition coefficient (Wildman–Crippen LogP) is 4.16. The zero-order chi connectivity index (χ0) is 12.5. The molecular weight excluding hydrogens is 375 g/mol. The molecule has 0 bridgehead atoms. The molecule has 0 atom stereocenters. The molecule has 0 radical (unpaired) electrons. The normalized spacial score (nSPS) is 18.9. The minimum absolute atomic E-state index is 0.639. The molecule has 98 valence electrons.